The second-order valence-corrected chi connectivity index (χ2v) is 6.22. The van der Waals surface area contributed by atoms with E-state index in [9.17, 15) is 4.79 Å². The van der Waals surface area contributed by atoms with Gasteiger partial charge in [0.1, 0.15) is 0 Å². The zero-order valence-corrected chi connectivity index (χ0v) is 13.8. The molecule has 2 aromatic rings. The number of hydrogen-bond donors (Lipinski definition) is 1. The van der Waals surface area contributed by atoms with E-state index in [4.69, 9.17) is 0 Å². The normalized spacial score (nSPS) is 10.3. The molecule has 2 nitrogen and oxygen atoms in total. The molecule has 0 saturated heterocycles. The second kappa shape index (κ2) is 5.88. The number of carbonyl (C=O) groups is 1. The van der Waals surface area contributed by atoms with Gasteiger partial charge < -0.3 is 5.32 Å². The largest absolute Gasteiger partial charge is 0.322 e. The first-order valence-electron chi connectivity index (χ1n) is 5.80. The van der Waals surface area contributed by atoms with Crippen molar-refractivity contribution < 1.29 is 4.79 Å². The summed E-state index contributed by atoms with van der Waals surface area (Å²) in [6, 6.07) is 11.5. The first kappa shape index (κ1) is 14.3. The van der Waals surface area contributed by atoms with Crippen LogP contribution in [0.2, 0.25) is 0 Å². The van der Waals surface area contributed by atoms with E-state index in [0.29, 0.717) is 5.56 Å². The summed E-state index contributed by atoms with van der Waals surface area (Å²) < 4.78 is 1.65. The Morgan fingerprint density at radius 2 is 1.63 bits per heavy atom. The smallest absolute Gasteiger partial charge is 0.256 e. The van der Waals surface area contributed by atoms with E-state index in [2.05, 4.69) is 43.2 Å². The maximum Gasteiger partial charge on any atom is 0.256 e. The minimum absolute atomic E-state index is 0.127. The zero-order valence-electron chi connectivity index (χ0n) is 10.6. The van der Waals surface area contributed by atoms with E-state index in [1.54, 1.807) is 6.07 Å². The number of nitrogens with one attached hydrogen (secondary N) is 1. The molecule has 2 aromatic carbocycles. The van der Waals surface area contributed by atoms with E-state index < -0.39 is 0 Å². The van der Waals surface area contributed by atoms with Crippen LogP contribution in [0.25, 0.3) is 0 Å². The number of anilines is 1. The summed E-state index contributed by atoms with van der Waals surface area (Å²) >= 11 is 6.76. The molecule has 0 aliphatic rings. The molecule has 0 aromatic heterocycles. The molecule has 0 aliphatic heterocycles. The summed E-state index contributed by atoms with van der Waals surface area (Å²) in [6.45, 7) is 4.02. The van der Waals surface area contributed by atoms with Crippen LogP contribution in [-0.4, -0.2) is 5.91 Å². The van der Waals surface area contributed by atoms with Crippen LogP contribution in [0.4, 0.5) is 5.69 Å². The summed E-state index contributed by atoms with van der Waals surface area (Å²) in [4.78, 5) is 12.2. The number of rotatable bonds is 2. The van der Waals surface area contributed by atoms with Crippen LogP contribution >= 0.6 is 31.9 Å². The van der Waals surface area contributed by atoms with E-state index in [-0.39, 0.29) is 5.91 Å². The molecule has 19 heavy (non-hydrogen) atoms. The first-order valence-corrected chi connectivity index (χ1v) is 7.39. The van der Waals surface area contributed by atoms with Crippen molar-refractivity contribution in [2.75, 3.05) is 5.32 Å². The summed E-state index contributed by atoms with van der Waals surface area (Å²) in [5.74, 6) is -0.127. The van der Waals surface area contributed by atoms with Crippen LogP contribution in [0.3, 0.4) is 0 Å². The third-order valence-corrected chi connectivity index (χ3v) is 3.84. The van der Waals surface area contributed by atoms with Crippen molar-refractivity contribution in [1.82, 2.24) is 0 Å². The number of benzene rings is 2. The Morgan fingerprint density at radius 3 is 2.26 bits per heavy atom. The molecule has 0 aliphatic carbocycles. The molecule has 2 rings (SSSR count). The molecule has 1 amide bonds. The minimum atomic E-state index is -0.127. The van der Waals surface area contributed by atoms with Gasteiger partial charge in [-0.05, 0) is 71.2 Å². The molecule has 98 valence electrons. The SMILES string of the molecule is Cc1cc(C)cc(NC(=O)c2cc(Br)ccc2Br)c1. The summed E-state index contributed by atoms with van der Waals surface area (Å²) in [7, 11) is 0. The molecular weight excluding hydrogens is 370 g/mol. The van der Waals surface area contributed by atoms with Gasteiger partial charge in [-0.1, -0.05) is 22.0 Å². The van der Waals surface area contributed by atoms with Gasteiger partial charge in [0.2, 0.25) is 0 Å². The number of hydrogen-bond acceptors (Lipinski definition) is 1. The average molecular weight is 383 g/mol. The maximum atomic E-state index is 12.2. The van der Waals surface area contributed by atoms with Crippen LogP contribution in [0.5, 0.6) is 0 Å². The van der Waals surface area contributed by atoms with Crippen LogP contribution in [0, 0.1) is 13.8 Å². The first-order chi connectivity index (χ1) is 8.95. The maximum absolute atomic E-state index is 12.2. The van der Waals surface area contributed by atoms with Gasteiger partial charge in [-0.15, -0.1) is 0 Å². The molecule has 0 atom stereocenters. The average Bonchev–Trinajstić information content (AvgIpc) is 2.30. The molecule has 4 heteroatoms. The summed E-state index contributed by atoms with van der Waals surface area (Å²) in [6.07, 6.45) is 0. The predicted octanol–water partition coefficient (Wildman–Crippen LogP) is 5.08. The van der Waals surface area contributed by atoms with Crippen LogP contribution in [0.1, 0.15) is 21.5 Å². The van der Waals surface area contributed by atoms with Crippen LogP contribution in [0.15, 0.2) is 45.3 Å². The van der Waals surface area contributed by atoms with Gasteiger partial charge in [0.15, 0.2) is 0 Å². The Bertz CT molecular complexity index is 618. The standard InChI is InChI=1S/C15H13Br2NO/c1-9-5-10(2)7-12(6-9)18-15(19)13-8-11(16)3-4-14(13)17/h3-8H,1-2H3,(H,18,19). The van der Waals surface area contributed by atoms with E-state index >= 15 is 0 Å². The lowest BCUT2D eigenvalue weighted by molar-refractivity contribution is 0.102. The van der Waals surface area contributed by atoms with Crippen molar-refractivity contribution in [2.45, 2.75) is 13.8 Å². The number of halogens is 2. The Hall–Kier alpha value is -1.13. The Kier molecular flexibility index (Phi) is 4.42. The third kappa shape index (κ3) is 3.67. The number of aryl methyl sites for hydroxylation is 2. The Labute approximate surface area is 129 Å². The summed E-state index contributed by atoms with van der Waals surface area (Å²) in [5.41, 5.74) is 3.68. The highest BCUT2D eigenvalue weighted by Crippen LogP contribution is 2.23. The minimum Gasteiger partial charge on any atom is -0.322 e. The Morgan fingerprint density at radius 1 is 1.00 bits per heavy atom. The van der Waals surface area contributed by atoms with Gasteiger partial charge in [-0.2, -0.15) is 0 Å². The number of carbonyl (C=O) groups excluding carboxylic acids is 1. The molecule has 0 saturated carbocycles. The topological polar surface area (TPSA) is 29.1 Å². The predicted molar refractivity (Wildman–Crippen MR) is 85.7 cm³/mol. The quantitative estimate of drug-likeness (QED) is 0.770. The Balaban J connectivity index is 2.28. The van der Waals surface area contributed by atoms with Gasteiger partial charge >= 0.3 is 0 Å². The van der Waals surface area contributed by atoms with Gasteiger partial charge in [0.25, 0.3) is 5.91 Å². The van der Waals surface area contributed by atoms with Gasteiger partial charge in [0.05, 0.1) is 5.56 Å². The van der Waals surface area contributed by atoms with Gasteiger partial charge in [-0.3, -0.25) is 4.79 Å². The molecule has 0 fully saturated rings. The summed E-state index contributed by atoms with van der Waals surface area (Å²) in [5, 5.41) is 2.92. The third-order valence-electron chi connectivity index (χ3n) is 2.65. The van der Waals surface area contributed by atoms with Crippen molar-refractivity contribution in [3.63, 3.8) is 0 Å². The van der Waals surface area contributed by atoms with E-state index in [1.165, 1.54) is 0 Å². The lowest BCUT2D eigenvalue weighted by Crippen LogP contribution is -2.12. The monoisotopic (exact) mass is 381 g/mol. The zero-order chi connectivity index (χ0) is 14.0. The highest BCUT2D eigenvalue weighted by molar-refractivity contribution is 9.11. The fourth-order valence-corrected chi connectivity index (χ4v) is 2.70. The van der Waals surface area contributed by atoms with Crippen molar-refractivity contribution in [2.24, 2.45) is 0 Å². The molecule has 0 bridgehead atoms. The van der Waals surface area contributed by atoms with Crippen molar-refractivity contribution in [3.8, 4) is 0 Å². The highest BCUT2D eigenvalue weighted by atomic mass is 79.9. The molecular formula is C15H13Br2NO. The fourth-order valence-electron chi connectivity index (χ4n) is 1.92. The van der Waals surface area contributed by atoms with Crippen molar-refractivity contribution >= 4 is 43.5 Å². The van der Waals surface area contributed by atoms with Crippen LogP contribution in [-0.2, 0) is 0 Å². The van der Waals surface area contributed by atoms with E-state index in [1.807, 2.05) is 38.1 Å². The molecule has 0 spiro atoms. The number of amides is 1. The lowest BCUT2D eigenvalue weighted by Gasteiger charge is -2.09. The van der Waals surface area contributed by atoms with Crippen molar-refractivity contribution in [1.29, 1.82) is 0 Å². The highest BCUT2D eigenvalue weighted by Gasteiger charge is 2.11. The second-order valence-electron chi connectivity index (χ2n) is 4.45. The lowest BCUT2D eigenvalue weighted by atomic mass is 10.1. The van der Waals surface area contributed by atoms with Gasteiger partial charge in [0, 0.05) is 14.6 Å². The molecule has 0 radical (unpaired) electrons. The molecule has 0 heterocycles. The van der Waals surface area contributed by atoms with Crippen LogP contribution < -0.4 is 5.32 Å². The fraction of sp³-hybridized carbons (Fsp3) is 0.133. The van der Waals surface area contributed by atoms with E-state index in [0.717, 1.165) is 25.8 Å². The van der Waals surface area contributed by atoms with Crippen molar-refractivity contribution in [3.05, 3.63) is 62.0 Å². The molecule has 0 unspecified atom stereocenters. The van der Waals surface area contributed by atoms with Gasteiger partial charge in [-0.25, -0.2) is 0 Å². The molecule has 1 N–H and O–H groups in total.